The van der Waals surface area contributed by atoms with Crippen molar-refractivity contribution in [2.24, 2.45) is 11.8 Å². The lowest BCUT2D eigenvalue weighted by molar-refractivity contribution is 0.223. The predicted molar refractivity (Wildman–Crippen MR) is 78.3 cm³/mol. The second kappa shape index (κ2) is 5.66. The maximum Gasteiger partial charge on any atom is 0.0950 e. The highest BCUT2D eigenvalue weighted by Gasteiger charge is 2.35. The fourth-order valence-corrected chi connectivity index (χ4v) is 4.16. The van der Waals surface area contributed by atoms with Gasteiger partial charge in [0.2, 0.25) is 0 Å². The van der Waals surface area contributed by atoms with Crippen molar-refractivity contribution in [3.63, 3.8) is 0 Å². The number of piperidine rings is 1. The lowest BCUT2D eigenvalue weighted by atomic mass is 9.75. The molecule has 2 fully saturated rings. The van der Waals surface area contributed by atoms with Gasteiger partial charge in [-0.05, 0) is 45.2 Å². The molecule has 106 valence electrons. The van der Waals surface area contributed by atoms with E-state index in [0.717, 1.165) is 18.4 Å². The van der Waals surface area contributed by atoms with E-state index in [2.05, 4.69) is 34.9 Å². The van der Waals surface area contributed by atoms with E-state index in [4.69, 9.17) is 0 Å². The van der Waals surface area contributed by atoms with E-state index in [0.29, 0.717) is 12.0 Å². The molecule has 0 amide bonds. The number of imidazole rings is 1. The molecule has 1 aromatic rings. The Balaban J connectivity index is 1.84. The number of rotatable bonds is 3. The molecule has 1 N–H and O–H groups in total. The molecule has 2 unspecified atom stereocenters. The standard InChI is InChI=1S/C16H27N3/c1-12(2)19-11-18-10-16(19)14-7-8-17-9-15(14)13-5-3-4-6-13/h10-15,17H,3-9H2,1-2H3. The molecule has 1 saturated heterocycles. The molecule has 0 bridgehead atoms. The van der Waals surface area contributed by atoms with Gasteiger partial charge in [-0.15, -0.1) is 0 Å². The average molecular weight is 261 g/mol. The third kappa shape index (κ3) is 2.58. The van der Waals surface area contributed by atoms with Crippen LogP contribution in [0.2, 0.25) is 0 Å². The molecule has 2 heterocycles. The van der Waals surface area contributed by atoms with E-state index < -0.39 is 0 Å². The normalized spacial score (nSPS) is 29.2. The van der Waals surface area contributed by atoms with Gasteiger partial charge in [0.25, 0.3) is 0 Å². The first-order valence-electron chi connectivity index (χ1n) is 8.00. The first-order valence-corrected chi connectivity index (χ1v) is 8.00. The molecule has 1 aliphatic carbocycles. The summed E-state index contributed by atoms with van der Waals surface area (Å²) in [5, 5.41) is 3.62. The molecule has 1 aliphatic heterocycles. The van der Waals surface area contributed by atoms with E-state index in [1.807, 2.05) is 6.33 Å². The zero-order chi connectivity index (χ0) is 13.2. The van der Waals surface area contributed by atoms with Crippen LogP contribution in [-0.2, 0) is 0 Å². The van der Waals surface area contributed by atoms with Gasteiger partial charge < -0.3 is 9.88 Å². The molecule has 0 aromatic carbocycles. The number of hydrogen-bond acceptors (Lipinski definition) is 2. The number of nitrogens with one attached hydrogen (secondary N) is 1. The monoisotopic (exact) mass is 261 g/mol. The fourth-order valence-electron chi connectivity index (χ4n) is 4.16. The summed E-state index contributed by atoms with van der Waals surface area (Å²) < 4.78 is 2.39. The summed E-state index contributed by atoms with van der Waals surface area (Å²) in [6.07, 6.45) is 11.2. The van der Waals surface area contributed by atoms with E-state index in [-0.39, 0.29) is 0 Å². The van der Waals surface area contributed by atoms with Crippen LogP contribution < -0.4 is 5.32 Å². The van der Waals surface area contributed by atoms with E-state index in [1.54, 1.807) is 0 Å². The van der Waals surface area contributed by atoms with Gasteiger partial charge in [0.1, 0.15) is 0 Å². The molecule has 1 aromatic heterocycles. The van der Waals surface area contributed by atoms with Crippen molar-refractivity contribution in [1.82, 2.24) is 14.9 Å². The molecule has 3 rings (SSSR count). The molecule has 3 nitrogen and oxygen atoms in total. The van der Waals surface area contributed by atoms with Gasteiger partial charge in [0, 0.05) is 23.9 Å². The van der Waals surface area contributed by atoms with Gasteiger partial charge in [-0.3, -0.25) is 0 Å². The van der Waals surface area contributed by atoms with Crippen LogP contribution in [-0.4, -0.2) is 22.6 Å². The fraction of sp³-hybridized carbons (Fsp3) is 0.812. The Kier molecular flexibility index (Phi) is 3.92. The lowest BCUT2D eigenvalue weighted by Crippen LogP contribution is -2.39. The Hall–Kier alpha value is -0.830. The van der Waals surface area contributed by atoms with Crippen LogP contribution in [0.25, 0.3) is 0 Å². The minimum atomic E-state index is 0.525. The van der Waals surface area contributed by atoms with Crippen molar-refractivity contribution in [3.05, 3.63) is 18.2 Å². The lowest BCUT2D eigenvalue weighted by Gasteiger charge is -2.37. The summed E-state index contributed by atoms with van der Waals surface area (Å²) in [4.78, 5) is 4.42. The zero-order valence-corrected chi connectivity index (χ0v) is 12.3. The Morgan fingerprint density at radius 3 is 2.79 bits per heavy atom. The molecule has 0 spiro atoms. The van der Waals surface area contributed by atoms with Crippen LogP contribution in [0.5, 0.6) is 0 Å². The van der Waals surface area contributed by atoms with E-state index >= 15 is 0 Å². The Labute approximate surface area is 116 Å². The van der Waals surface area contributed by atoms with Crippen LogP contribution in [0.1, 0.15) is 63.6 Å². The van der Waals surface area contributed by atoms with Crippen LogP contribution in [0.3, 0.4) is 0 Å². The molecule has 1 saturated carbocycles. The Morgan fingerprint density at radius 1 is 1.26 bits per heavy atom. The summed E-state index contributed by atoms with van der Waals surface area (Å²) in [6.45, 7) is 6.89. The number of hydrogen-bond donors (Lipinski definition) is 1. The maximum atomic E-state index is 4.42. The summed E-state index contributed by atoms with van der Waals surface area (Å²) >= 11 is 0. The molecule has 2 atom stereocenters. The minimum Gasteiger partial charge on any atom is -0.332 e. The van der Waals surface area contributed by atoms with Crippen molar-refractivity contribution in [2.75, 3.05) is 13.1 Å². The summed E-state index contributed by atoms with van der Waals surface area (Å²) in [5.41, 5.74) is 1.48. The predicted octanol–water partition coefficient (Wildman–Crippen LogP) is 3.35. The summed E-state index contributed by atoms with van der Waals surface area (Å²) in [6, 6.07) is 0.525. The second-order valence-electron chi connectivity index (χ2n) is 6.63. The molecular formula is C16H27N3. The van der Waals surface area contributed by atoms with Crippen LogP contribution in [0.15, 0.2) is 12.5 Å². The highest BCUT2D eigenvalue weighted by Crippen LogP contribution is 2.42. The average Bonchev–Trinajstić information content (AvgIpc) is 3.10. The number of aromatic nitrogens is 2. The third-order valence-corrected chi connectivity index (χ3v) is 5.17. The summed E-state index contributed by atoms with van der Waals surface area (Å²) in [7, 11) is 0. The van der Waals surface area contributed by atoms with Crippen molar-refractivity contribution in [3.8, 4) is 0 Å². The van der Waals surface area contributed by atoms with Crippen LogP contribution in [0, 0.1) is 11.8 Å². The molecule has 3 heteroatoms. The van der Waals surface area contributed by atoms with E-state index in [1.165, 1.54) is 44.3 Å². The van der Waals surface area contributed by atoms with Crippen molar-refractivity contribution < 1.29 is 0 Å². The second-order valence-corrected chi connectivity index (χ2v) is 6.63. The summed E-state index contributed by atoms with van der Waals surface area (Å²) in [5.74, 6) is 2.48. The topological polar surface area (TPSA) is 29.9 Å². The highest BCUT2D eigenvalue weighted by atomic mass is 15.1. The maximum absolute atomic E-state index is 4.42. The zero-order valence-electron chi connectivity index (χ0n) is 12.3. The van der Waals surface area contributed by atoms with Crippen molar-refractivity contribution in [1.29, 1.82) is 0 Å². The molecular weight excluding hydrogens is 234 g/mol. The largest absolute Gasteiger partial charge is 0.332 e. The SMILES string of the molecule is CC(C)n1cncc1C1CCNCC1C1CCCC1. The van der Waals surface area contributed by atoms with Gasteiger partial charge in [-0.2, -0.15) is 0 Å². The van der Waals surface area contributed by atoms with Crippen molar-refractivity contribution >= 4 is 0 Å². The first kappa shape index (κ1) is 13.2. The Bertz CT molecular complexity index is 404. The molecule has 19 heavy (non-hydrogen) atoms. The van der Waals surface area contributed by atoms with Gasteiger partial charge >= 0.3 is 0 Å². The molecule has 2 aliphatic rings. The van der Waals surface area contributed by atoms with Crippen LogP contribution in [0.4, 0.5) is 0 Å². The Morgan fingerprint density at radius 2 is 2.05 bits per heavy atom. The highest BCUT2D eigenvalue weighted by molar-refractivity contribution is 5.12. The number of nitrogens with zero attached hydrogens (tertiary/aromatic N) is 2. The van der Waals surface area contributed by atoms with Gasteiger partial charge in [0.15, 0.2) is 0 Å². The van der Waals surface area contributed by atoms with Crippen molar-refractivity contribution in [2.45, 2.75) is 57.9 Å². The van der Waals surface area contributed by atoms with Gasteiger partial charge in [-0.25, -0.2) is 4.98 Å². The quantitative estimate of drug-likeness (QED) is 0.904. The van der Waals surface area contributed by atoms with E-state index in [9.17, 15) is 0 Å². The smallest absolute Gasteiger partial charge is 0.0950 e. The van der Waals surface area contributed by atoms with Gasteiger partial charge in [-0.1, -0.05) is 25.7 Å². The third-order valence-electron chi connectivity index (χ3n) is 5.17. The van der Waals surface area contributed by atoms with Gasteiger partial charge in [0.05, 0.1) is 6.33 Å². The molecule has 0 radical (unpaired) electrons. The minimum absolute atomic E-state index is 0.525. The van der Waals surface area contributed by atoms with Crippen LogP contribution >= 0.6 is 0 Å². The first-order chi connectivity index (χ1) is 9.27.